The average molecular weight is 1110 g/mol. The van der Waals surface area contributed by atoms with E-state index in [-0.39, 0.29) is 11.5 Å². The summed E-state index contributed by atoms with van der Waals surface area (Å²) in [6, 6.07) is 62.0. The minimum atomic E-state index is -0.583. The molecule has 0 saturated carbocycles. The zero-order chi connectivity index (χ0) is 53.4. The second-order valence-electron chi connectivity index (χ2n) is 16.9. The third-order valence-electron chi connectivity index (χ3n) is 11.6. The van der Waals surface area contributed by atoms with E-state index in [1.165, 1.54) is 25.8 Å². The lowest BCUT2D eigenvalue weighted by atomic mass is 10.0. The Morgan fingerprint density at radius 3 is 1.07 bits per heavy atom. The molecule has 0 amide bonds. The van der Waals surface area contributed by atoms with E-state index in [9.17, 15) is 14.4 Å². The topological polar surface area (TPSA) is 78.9 Å². The molecule has 0 N–H and O–H groups in total. The van der Waals surface area contributed by atoms with Crippen molar-refractivity contribution in [2.75, 3.05) is 0 Å². The smallest absolute Gasteiger partial charge is 0.343 e. The first-order chi connectivity index (χ1) is 36.1. The quantitative estimate of drug-likeness (QED) is 0.0878. The van der Waals surface area contributed by atoms with Crippen LogP contribution in [0.1, 0.15) is 64.5 Å². The Morgan fingerprint density at radius 1 is 0.320 bits per heavy atom. The van der Waals surface area contributed by atoms with Gasteiger partial charge in [-0.05, 0) is 203 Å². The Hall–Kier alpha value is -6.69. The summed E-state index contributed by atoms with van der Waals surface area (Å²) >= 11 is 22.9. The van der Waals surface area contributed by atoms with E-state index in [2.05, 4.69) is 93.6 Å². The van der Waals surface area contributed by atoms with Crippen molar-refractivity contribution in [3.8, 4) is 17.2 Å². The summed E-state index contributed by atoms with van der Waals surface area (Å²) in [6.45, 7) is 12.0. The van der Waals surface area contributed by atoms with Gasteiger partial charge < -0.3 is 14.2 Å². The number of hydrogen-bond donors (Lipinski definition) is 0. The standard InChI is InChI=1S/C32H28Cl2O4S.C19H13ClO2S.C12H10S/c1-17-7-8-18(2)29(19(17)3)39-30-21(5)20(4)27(37-31(35)23-9-13-25(33)14-10-23)28(22(30)6)38-32(36)24-11-15-26(34)16-12-24;20-15-8-6-14(7-9-15)19(21)22-16-10-12-18(13-11-16)23-17-4-2-1-3-5-17;1-3-7-11(8-4-1)13-12-9-5-2-6-10-12/h7-16H,1-6H3;1-13H;1-10H. The van der Waals surface area contributed by atoms with Crippen molar-refractivity contribution in [2.24, 2.45) is 0 Å². The van der Waals surface area contributed by atoms with Gasteiger partial charge in [0.15, 0.2) is 11.5 Å². The molecular weight excluding hydrogens is 1060 g/mol. The zero-order valence-corrected chi connectivity index (χ0v) is 46.6. The van der Waals surface area contributed by atoms with Crippen LogP contribution in [0.15, 0.2) is 230 Å². The molecule has 12 heteroatoms. The minimum Gasteiger partial charge on any atom is -0.423 e. The van der Waals surface area contributed by atoms with Crippen molar-refractivity contribution in [3.63, 3.8) is 0 Å². The highest BCUT2D eigenvalue weighted by molar-refractivity contribution is 8.00. The number of ether oxygens (including phenoxy) is 3. The van der Waals surface area contributed by atoms with Gasteiger partial charge in [-0.25, -0.2) is 14.4 Å². The first kappa shape index (κ1) is 56.0. The highest BCUT2D eigenvalue weighted by atomic mass is 35.5. The fourth-order valence-electron chi connectivity index (χ4n) is 7.19. The van der Waals surface area contributed by atoms with Gasteiger partial charge in [-0.1, -0.05) is 137 Å². The first-order valence-electron chi connectivity index (χ1n) is 23.6. The van der Waals surface area contributed by atoms with Crippen LogP contribution in [0.5, 0.6) is 17.2 Å². The van der Waals surface area contributed by atoms with Crippen LogP contribution in [-0.2, 0) is 0 Å². The lowest BCUT2D eigenvalue weighted by molar-refractivity contribution is 0.0679. The lowest BCUT2D eigenvalue weighted by Crippen LogP contribution is -2.15. The number of hydrogen-bond acceptors (Lipinski definition) is 9. The third-order valence-corrected chi connectivity index (χ3v) is 16.0. The van der Waals surface area contributed by atoms with Crippen molar-refractivity contribution in [2.45, 2.75) is 70.9 Å². The van der Waals surface area contributed by atoms with Gasteiger partial charge >= 0.3 is 17.9 Å². The van der Waals surface area contributed by atoms with E-state index in [1.54, 1.807) is 120 Å². The molecule has 9 aromatic rings. The van der Waals surface area contributed by atoms with Crippen molar-refractivity contribution in [3.05, 3.63) is 265 Å². The molecule has 9 rings (SSSR count). The molecular formula is C63H51Cl3O6S3. The van der Waals surface area contributed by atoms with Crippen LogP contribution < -0.4 is 14.2 Å². The molecule has 0 aromatic heterocycles. The van der Waals surface area contributed by atoms with E-state index < -0.39 is 17.9 Å². The number of esters is 3. The van der Waals surface area contributed by atoms with Crippen molar-refractivity contribution in [1.82, 2.24) is 0 Å². The van der Waals surface area contributed by atoms with Crippen molar-refractivity contribution in [1.29, 1.82) is 0 Å². The first-order valence-corrected chi connectivity index (χ1v) is 27.1. The fraction of sp³-hybridized carbons (Fsp3) is 0.0952. The second-order valence-corrected chi connectivity index (χ2v) is 21.5. The van der Waals surface area contributed by atoms with Gasteiger partial charge in [0.1, 0.15) is 5.75 Å². The van der Waals surface area contributed by atoms with Gasteiger partial charge in [-0.15, -0.1) is 0 Å². The van der Waals surface area contributed by atoms with E-state index in [0.29, 0.717) is 48.6 Å². The molecule has 0 aliphatic carbocycles. The molecule has 0 fully saturated rings. The normalized spacial score (nSPS) is 10.5. The number of carbonyl (C=O) groups is 3. The molecule has 0 aliphatic heterocycles. The van der Waals surface area contributed by atoms with Crippen molar-refractivity contribution < 1.29 is 28.6 Å². The maximum Gasteiger partial charge on any atom is 0.343 e. The summed E-state index contributed by atoms with van der Waals surface area (Å²) in [7, 11) is 0. The fourth-order valence-corrected chi connectivity index (χ4v) is 10.6. The Balaban J connectivity index is 0.000000190. The van der Waals surface area contributed by atoms with Crippen LogP contribution >= 0.6 is 70.1 Å². The summed E-state index contributed by atoms with van der Waals surface area (Å²) in [5.41, 5.74) is 6.99. The van der Waals surface area contributed by atoms with E-state index in [4.69, 9.17) is 49.0 Å². The highest BCUT2D eigenvalue weighted by Gasteiger charge is 2.26. The second kappa shape index (κ2) is 27.2. The van der Waals surface area contributed by atoms with E-state index in [1.807, 2.05) is 63.2 Å². The Labute approximate surface area is 466 Å². The number of halogens is 3. The van der Waals surface area contributed by atoms with Crippen molar-refractivity contribution >= 4 is 88.0 Å². The SMILES string of the molecule is Cc1ccc(C)c(Sc2c(C)c(C)c(OC(=O)c3ccc(Cl)cc3)c(OC(=O)c3ccc(Cl)cc3)c2C)c1C.O=C(Oc1ccc(Sc2ccccc2)cc1)c1ccc(Cl)cc1.c1ccc(Sc2ccccc2)cc1. The predicted molar refractivity (Wildman–Crippen MR) is 309 cm³/mol. The monoisotopic (exact) mass is 1100 g/mol. The van der Waals surface area contributed by atoms with Gasteiger partial charge in [0, 0.05) is 50.0 Å². The molecule has 0 saturated heterocycles. The molecule has 0 unspecified atom stereocenters. The minimum absolute atomic E-state index is 0.200. The van der Waals surface area contributed by atoms with Crippen LogP contribution in [-0.4, -0.2) is 17.9 Å². The summed E-state index contributed by atoms with van der Waals surface area (Å²) in [6.07, 6.45) is 0. The summed E-state index contributed by atoms with van der Waals surface area (Å²) in [4.78, 5) is 45.3. The maximum absolute atomic E-state index is 13.2. The summed E-state index contributed by atoms with van der Waals surface area (Å²) in [5, 5.41) is 1.60. The molecule has 0 atom stereocenters. The largest absolute Gasteiger partial charge is 0.423 e. The average Bonchev–Trinajstić information content (AvgIpc) is 3.42. The summed E-state index contributed by atoms with van der Waals surface area (Å²) < 4.78 is 17.2. The zero-order valence-electron chi connectivity index (χ0n) is 41.9. The van der Waals surface area contributed by atoms with Gasteiger partial charge in [0.05, 0.1) is 16.7 Å². The maximum atomic E-state index is 13.2. The van der Waals surface area contributed by atoms with Gasteiger partial charge in [0.2, 0.25) is 0 Å². The number of carbonyl (C=O) groups excluding carboxylic acids is 3. The molecule has 0 bridgehead atoms. The highest BCUT2D eigenvalue weighted by Crippen LogP contribution is 2.47. The summed E-state index contributed by atoms with van der Waals surface area (Å²) in [5.74, 6) is -0.642. The molecule has 378 valence electrons. The van der Waals surface area contributed by atoms with E-state index >= 15 is 0 Å². The molecule has 0 aliphatic rings. The van der Waals surface area contributed by atoms with Crippen LogP contribution in [0.2, 0.25) is 15.1 Å². The molecule has 0 heterocycles. The van der Waals surface area contributed by atoms with Crippen LogP contribution in [0.3, 0.4) is 0 Å². The van der Waals surface area contributed by atoms with Gasteiger partial charge in [0.25, 0.3) is 0 Å². The van der Waals surface area contributed by atoms with Gasteiger partial charge in [-0.3, -0.25) is 0 Å². The molecule has 0 spiro atoms. The Kier molecular flexibility index (Phi) is 20.3. The Morgan fingerprint density at radius 2 is 0.667 bits per heavy atom. The molecule has 9 aromatic carbocycles. The van der Waals surface area contributed by atoms with E-state index in [0.717, 1.165) is 25.8 Å². The third kappa shape index (κ3) is 15.9. The molecule has 75 heavy (non-hydrogen) atoms. The number of rotatable bonds is 12. The van der Waals surface area contributed by atoms with Gasteiger partial charge in [-0.2, -0.15) is 0 Å². The number of benzene rings is 9. The van der Waals surface area contributed by atoms with Crippen LogP contribution in [0, 0.1) is 41.5 Å². The lowest BCUT2D eigenvalue weighted by Gasteiger charge is -2.22. The molecule has 0 radical (unpaired) electrons. The van der Waals surface area contributed by atoms with Crippen LogP contribution in [0.25, 0.3) is 0 Å². The molecule has 6 nitrogen and oxygen atoms in total. The Bertz CT molecular complexity index is 3340. The predicted octanol–water partition coefficient (Wildman–Crippen LogP) is 19.0. The number of aryl methyl sites for hydroxylation is 2. The van der Waals surface area contributed by atoms with Crippen LogP contribution in [0.4, 0.5) is 0 Å².